The van der Waals surface area contributed by atoms with Crippen molar-refractivity contribution < 1.29 is 9.59 Å². The minimum absolute atomic E-state index is 0.0598. The molecule has 2 N–H and O–H groups in total. The van der Waals surface area contributed by atoms with Crippen LogP contribution < -0.4 is 10.6 Å². The van der Waals surface area contributed by atoms with Gasteiger partial charge in [0.2, 0.25) is 5.91 Å². The first-order chi connectivity index (χ1) is 15.0. The molecule has 0 aliphatic rings. The second-order valence-electron chi connectivity index (χ2n) is 6.82. The highest BCUT2D eigenvalue weighted by Gasteiger charge is 2.16. The molecule has 3 aromatic carbocycles. The van der Waals surface area contributed by atoms with Gasteiger partial charge in [-0.25, -0.2) is 4.98 Å². The maximum absolute atomic E-state index is 12.7. The first kappa shape index (κ1) is 21.1. The van der Waals surface area contributed by atoms with Crippen LogP contribution in [0.15, 0.2) is 77.3 Å². The van der Waals surface area contributed by atoms with E-state index in [1.165, 1.54) is 0 Å². The van der Waals surface area contributed by atoms with E-state index in [-0.39, 0.29) is 24.9 Å². The molecule has 6 nitrogen and oxygen atoms in total. The molecule has 0 aliphatic carbocycles. The molecule has 0 bridgehead atoms. The zero-order valence-corrected chi connectivity index (χ0v) is 18.7. The molecular weight excluding hydrogens is 480 g/mol. The van der Waals surface area contributed by atoms with Crippen molar-refractivity contribution in [2.75, 3.05) is 5.32 Å². The highest BCUT2D eigenvalue weighted by Crippen LogP contribution is 2.19. The van der Waals surface area contributed by atoms with Gasteiger partial charge in [0, 0.05) is 10.2 Å². The number of benzene rings is 3. The number of anilines is 1. The van der Waals surface area contributed by atoms with Crippen LogP contribution in [0.5, 0.6) is 0 Å². The zero-order chi connectivity index (χ0) is 21.8. The van der Waals surface area contributed by atoms with Gasteiger partial charge in [0.05, 0.1) is 28.2 Å². The Balaban J connectivity index is 1.55. The standard InChI is InChI=1S/C23H18BrClN4O2/c24-15-6-5-7-16(12-15)27-22(30)14-29-20-11-4-3-10-19(20)28-21(29)13-26-23(31)17-8-1-2-9-18(17)25/h1-12H,13-14H2,(H,26,31)(H,27,30). The van der Waals surface area contributed by atoms with E-state index >= 15 is 0 Å². The third-order valence-electron chi connectivity index (χ3n) is 4.67. The minimum atomic E-state index is -0.303. The van der Waals surface area contributed by atoms with Gasteiger partial charge in [-0.15, -0.1) is 0 Å². The van der Waals surface area contributed by atoms with Crippen LogP contribution in [0.25, 0.3) is 11.0 Å². The maximum atomic E-state index is 12.7. The molecule has 1 aromatic heterocycles. The summed E-state index contributed by atoms with van der Waals surface area (Å²) >= 11 is 9.51. The van der Waals surface area contributed by atoms with Gasteiger partial charge in [0.1, 0.15) is 12.4 Å². The molecule has 2 amide bonds. The predicted molar refractivity (Wildman–Crippen MR) is 125 cm³/mol. The number of amides is 2. The summed E-state index contributed by atoms with van der Waals surface area (Å²) in [6.07, 6.45) is 0. The van der Waals surface area contributed by atoms with Crippen LogP contribution in [0.3, 0.4) is 0 Å². The molecule has 1 heterocycles. The number of hydrogen-bond donors (Lipinski definition) is 2. The van der Waals surface area contributed by atoms with Crippen LogP contribution in [0.1, 0.15) is 16.2 Å². The summed E-state index contributed by atoms with van der Waals surface area (Å²) in [7, 11) is 0. The Morgan fingerprint density at radius 1 is 1.00 bits per heavy atom. The molecule has 31 heavy (non-hydrogen) atoms. The van der Waals surface area contributed by atoms with Crippen molar-refractivity contribution in [3.8, 4) is 0 Å². The van der Waals surface area contributed by atoms with Crippen molar-refractivity contribution >= 4 is 56.1 Å². The molecule has 156 valence electrons. The Labute approximate surface area is 192 Å². The number of carbonyl (C=O) groups is 2. The summed E-state index contributed by atoms with van der Waals surface area (Å²) in [5, 5.41) is 6.11. The van der Waals surface area contributed by atoms with Gasteiger partial charge in [-0.1, -0.05) is 57.9 Å². The Morgan fingerprint density at radius 2 is 1.77 bits per heavy atom. The smallest absolute Gasteiger partial charge is 0.253 e. The van der Waals surface area contributed by atoms with E-state index < -0.39 is 0 Å². The van der Waals surface area contributed by atoms with E-state index in [2.05, 4.69) is 31.5 Å². The van der Waals surface area contributed by atoms with E-state index in [9.17, 15) is 9.59 Å². The summed E-state index contributed by atoms with van der Waals surface area (Å²) in [5.74, 6) is 0.0775. The van der Waals surface area contributed by atoms with Crippen molar-refractivity contribution in [1.82, 2.24) is 14.9 Å². The fourth-order valence-electron chi connectivity index (χ4n) is 3.25. The van der Waals surface area contributed by atoms with Gasteiger partial charge < -0.3 is 15.2 Å². The monoisotopic (exact) mass is 496 g/mol. The van der Waals surface area contributed by atoms with E-state index in [1.54, 1.807) is 28.8 Å². The number of nitrogens with zero attached hydrogens (tertiary/aromatic N) is 2. The number of fused-ring (bicyclic) bond motifs is 1. The van der Waals surface area contributed by atoms with Gasteiger partial charge in [0.15, 0.2) is 0 Å². The zero-order valence-electron chi connectivity index (χ0n) is 16.3. The number of rotatable bonds is 6. The van der Waals surface area contributed by atoms with Gasteiger partial charge in [0.25, 0.3) is 5.91 Å². The largest absolute Gasteiger partial charge is 0.345 e. The molecule has 0 fully saturated rings. The van der Waals surface area contributed by atoms with Crippen molar-refractivity contribution in [2.45, 2.75) is 13.1 Å². The van der Waals surface area contributed by atoms with Crippen molar-refractivity contribution in [1.29, 1.82) is 0 Å². The molecule has 0 unspecified atom stereocenters. The maximum Gasteiger partial charge on any atom is 0.253 e. The van der Waals surface area contributed by atoms with Gasteiger partial charge >= 0.3 is 0 Å². The molecule has 0 saturated heterocycles. The summed E-state index contributed by atoms with van der Waals surface area (Å²) in [6.45, 7) is 0.216. The number of imidazole rings is 1. The Morgan fingerprint density at radius 3 is 2.58 bits per heavy atom. The lowest BCUT2D eigenvalue weighted by molar-refractivity contribution is -0.116. The molecule has 0 spiro atoms. The van der Waals surface area contributed by atoms with Gasteiger partial charge in [-0.3, -0.25) is 9.59 Å². The summed E-state index contributed by atoms with van der Waals surface area (Å²) in [4.78, 5) is 29.9. The van der Waals surface area contributed by atoms with Crippen molar-refractivity contribution in [3.05, 3.63) is 93.7 Å². The highest BCUT2D eigenvalue weighted by molar-refractivity contribution is 9.10. The van der Waals surface area contributed by atoms with E-state index in [0.29, 0.717) is 22.1 Å². The fourth-order valence-corrected chi connectivity index (χ4v) is 3.87. The fraction of sp³-hybridized carbons (Fsp3) is 0.0870. The van der Waals surface area contributed by atoms with Crippen LogP contribution in [-0.4, -0.2) is 21.4 Å². The number of nitrogens with one attached hydrogen (secondary N) is 2. The van der Waals surface area contributed by atoms with Crippen LogP contribution in [0.2, 0.25) is 5.02 Å². The average Bonchev–Trinajstić information content (AvgIpc) is 3.09. The number of aromatic nitrogens is 2. The van der Waals surface area contributed by atoms with E-state index in [1.807, 2.05) is 48.5 Å². The number of carbonyl (C=O) groups excluding carboxylic acids is 2. The molecular formula is C23H18BrClN4O2. The highest BCUT2D eigenvalue weighted by atomic mass is 79.9. The Hall–Kier alpha value is -3.16. The molecule has 0 radical (unpaired) electrons. The third kappa shape index (κ3) is 4.95. The molecule has 4 aromatic rings. The van der Waals surface area contributed by atoms with Crippen LogP contribution in [0, 0.1) is 0 Å². The quantitative estimate of drug-likeness (QED) is 0.393. The van der Waals surface area contributed by atoms with E-state index in [0.717, 1.165) is 15.5 Å². The van der Waals surface area contributed by atoms with Gasteiger partial charge in [-0.2, -0.15) is 0 Å². The Bertz CT molecular complexity index is 1270. The van der Waals surface area contributed by atoms with Crippen LogP contribution in [-0.2, 0) is 17.9 Å². The number of halogens is 2. The summed E-state index contributed by atoms with van der Waals surface area (Å²) in [6, 6.07) is 21.8. The molecule has 8 heteroatoms. The van der Waals surface area contributed by atoms with E-state index in [4.69, 9.17) is 11.6 Å². The first-order valence-corrected chi connectivity index (χ1v) is 10.7. The minimum Gasteiger partial charge on any atom is -0.345 e. The molecule has 0 saturated carbocycles. The summed E-state index contributed by atoms with van der Waals surface area (Å²) in [5.41, 5.74) is 2.64. The van der Waals surface area contributed by atoms with Crippen LogP contribution >= 0.6 is 27.5 Å². The average molecular weight is 498 g/mol. The molecule has 4 rings (SSSR count). The second-order valence-corrected chi connectivity index (χ2v) is 8.15. The number of hydrogen-bond acceptors (Lipinski definition) is 3. The summed E-state index contributed by atoms with van der Waals surface area (Å²) < 4.78 is 2.68. The predicted octanol–water partition coefficient (Wildman–Crippen LogP) is 5.02. The van der Waals surface area contributed by atoms with Crippen molar-refractivity contribution in [2.24, 2.45) is 0 Å². The topological polar surface area (TPSA) is 76.0 Å². The van der Waals surface area contributed by atoms with Gasteiger partial charge in [-0.05, 0) is 42.5 Å². The van der Waals surface area contributed by atoms with Crippen molar-refractivity contribution in [3.63, 3.8) is 0 Å². The van der Waals surface area contributed by atoms with Crippen LogP contribution in [0.4, 0.5) is 5.69 Å². The lowest BCUT2D eigenvalue weighted by Gasteiger charge is -2.11. The third-order valence-corrected chi connectivity index (χ3v) is 5.49. The second kappa shape index (κ2) is 9.32. The lowest BCUT2D eigenvalue weighted by Crippen LogP contribution is -2.26. The lowest BCUT2D eigenvalue weighted by atomic mass is 10.2. The number of para-hydroxylation sites is 2. The molecule has 0 atom stereocenters. The normalized spacial score (nSPS) is 10.8. The first-order valence-electron chi connectivity index (χ1n) is 9.53. The SMILES string of the molecule is O=C(Cn1c(CNC(=O)c2ccccc2Cl)nc2ccccc21)Nc1cccc(Br)c1. The molecule has 0 aliphatic heterocycles. The Kier molecular flexibility index (Phi) is 6.34.